The monoisotopic (exact) mass is 434 g/mol. The zero-order valence-electron chi connectivity index (χ0n) is 18.4. The highest BCUT2D eigenvalue weighted by atomic mass is 16.2. The van der Waals surface area contributed by atoms with Crippen molar-refractivity contribution in [3.05, 3.63) is 56.6 Å². The smallest absolute Gasteiger partial charge is 0.332 e. The highest BCUT2D eigenvalue weighted by Gasteiger charge is 2.25. The molecule has 1 saturated heterocycles. The fourth-order valence-electron chi connectivity index (χ4n) is 4.55. The molecule has 0 aliphatic carbocycles. The zero-order valence-corrected chi connectivity index (χ0v) is 18.4. The second-order valence-electron chi connectivity index (χ2n) is 8.47. The molecule has 0 spiro atoms. The maximum atomic E-state index is 13.4. The number of rotatable bonds is 3. The van der Waals surface area contributed by atoms with E-state index in [0.717, 1.165) is 36.0 Å². The molecule has 10 nitrogen and oxygen atoms in total. The standard InChI is InChI=1S/C22H26N8O2/c1-13-15-8-4-5-9-16(15)25-17(24-13)12-30-20(31)18-19(28(3)22(30)32)26-21(27(18)2)29-10-6-7-14(23)11-29/h4-5,8-9,14H,6-7,10-12,23H2,1-3H3/t14-/m1/s1. The van der Waals surface area contributed by atoms with Crippen molar-refractivity contribution >= 4 is 28.0 Å². The molecule has 1 aromatic carbocycles. The highest BCUT2D eigenvalue weighted by molar-refractivity contribution is 5.80. The number of para-hydroxylation sites is 1. The quantitative estimate of drug-likeness (QED) is 0.503. The van der Waals surface area contributed by atoms with Crippen LogP contribution in [0.2, 0.25) is 0 Å². The van der Waals surface area contributed by atoms with E-state index in [1.165, 1.54) is 9.13 Å². The van der Waals surface area contributed by atoms with E-state index in [4.69, 9.17) is 5.73 Å². The Bertz CT molecular complexity index is 1470. The van der Waals surface area contributed by atoms with E-state index in [9.17, 15) is 9.59 Å². The van der Waals surface area contributed by atoms with Gasteiger partial charge >= 0.3 is 5.69 Å². The average Bonchev–Trinajstić information content (AvgIpc) is 3.13. The van der Waals surface area contributed by atoms with E-state index in [1.54, 1.807) is 18.7 Å². The fourth-order valence-corrected chi connectivity index (χ4v) is 4.55. The lowest BCUT2D eigenvalue weighted by Gasteiger charge is -2.31. The van der Waals surface area contributed by atoms with Crippen LogP contribution in [0.3, 0.4) is 0 Å². The molecule has 0 amide bonds. The van der Waals surface area contributed by atoms with Crippen LogP contribution in [-0.2, 0) is 20.6 Å². The molecule has 1 aliphatic rings. The molecule has 3 aromatic heterocycles. The van der Waals surface area contributed by atoms with Gasteiger partial charge in [0.05, 0.1) is 12.1 Å². The van der Waals surface area contributed by atoms with Gasteiger partial charge in [-0.05, 0) is 25.8 Å². The molecule has 4 aromatic rings. The predicted octanol–water partition coefficient (Wildman–Crippen LogP) is 0.661. The minimum Gasteiger partial charge on any atom is -0.341 e. The molecular weight excluding hydrogens is 408 g/mol. The summed E-state index contributed by atoms with van der Waals surface area (Å²) >= 11 is 0. The van der Waals surface area contributed by atoms with E-state index in [1.807, 2.05) is 31.2 Å². The van der Waals surface area contributed by atoms with E-state index in [0.29, 0.717) is 29.5 Å². The van der Waals surface area contributed by atoms with Gasteiger partial charge in [-0.15, -0.1) is 0 Å². The van der Waals surface area contributed by atoms with Gasteiger partial charge in [0.25, 0.3) is 5.56 Å². The molecule has 0 saturated carbocycles. The normalized spacial score (nSPS) is 16.9. The van der Waals surface area contributed by atoms with Gasteiger partial charge in [0, 0.05) is 44.3 Å². The third kappa shape index (κ3) is 3.18. The minimum absolute atomic E-state index is 0.0117. The van der Waals surface area contributed by atoms with Crippen molar-refractivity contribution in [2.75, 3.05) is 18.0 Å². The lowest BCUT2D eigenvalue weighted by molar-refractivity contribution is 0.497. The minimum atomic E-state index is -0.447. The number of nitrogens with two attached hydrogens (primary N) is 1. The Morgan fingerprint density at radius 3 is 2.66 bits per heavy atom. The first-order valence-corrected chi connectivity index (χ1v) is 10.7. The third-order valence-corrected chi connectivity index (χ3v) is 6.22. The summed E-state index contributed by atoms with van der Waals surface area (Å²) in [5, 5.41) is 0.947. The number of nitrogens with zero attached hydrogens (tertiary/aromatic N) is 7. The Labute approximate surface area is 183 Å². The number of fused-ring (bicyclic) bond motifs is 2. The number of aromatic nitrogens is 6. The zero-order chi connectivity index (χ0) is 22.6. The van der Waals surface area contributed by atoms with Crippen LogP contribution in [0, 0.1) is 6.92 Å². The van der Waals surface area contributed by atoms with Crippen LogP contribution >= 0.6 is 0 Å². The first-order valence-electron chi connectivity index (χ1n) is 10.7. The summed E-state index contributed by atoms with van der Waals surface area (Å²) in [4.78, 5) is 42.4. The van der Waals surface area contributed by atoms with Crippen LogP contribution in [-0.4, -0.2) is 47.8 Å². The molecule has 1 atom stereocenters. The molecule has 32 heavy (non-hydrogen) atoms. The van der Waals surface area contributed by atoms with E-state index in [-0.39, 0.29) is 12.6 Å². The molecular formula is C22H26N8O2. The summed E-state index contributed by atoms with van der Waals surface area (Å²) < 4.78 is 4.36. The Balaban J connectivity index is 1.64. The second kappa shape index (κ2) is 7.56. The first-order chi connectivity index (χ1) is 15.3. The number of piperidine rings is 1. The Morgan fingerprint density at radius 1 is 1.09 bits per heavy atom. The number of hydrogen-bond acceptors (Lipinski definition) is 7. The number of imidazole rings is 1. The Morgan fingerprint density at radius 2 is 1.88 bits per heavy atom. The van der Waals surface area contributed by atoms with Crippen molar-refractivity contribution in [2.24, 2.45) is 19.8 Å². The predicted molar refractivity (Wildman–Crippen MR) is 123 cm³/mol. The van der Waals surface area contributed by atoms with E-state index < -0.39 is 11.2 Å². The SMILES string of the molecule is Cc1nc(Cn2c(=O)c3c(nc(N4CCC[C@@H](N)C4)n3C)n(C)c2=O)nc2ccccc12. The highest BCUT2D eigenvalue weighted by Crippen LogP contribution is 2.21. The van der Waals surface area contributed by atoms with Crippen LogP contribution < -0.4 is 21.9 Å². The second-order valence-corrected chi connectivity index (χ2v) is 8.47. The van der Waals surface area contributed by atoms with Crippen molar-refractivity contribution in [3.8, 4) is 0 Å². The summed E-state index contributed by atoms with van der Waals surface area (Å²) in [7, 11) is 3.43. The van der Waals surface area contributed by atoms with Gasteiger partial charge in [-0.1, -0.05) is 18.2 Å². The first kappa shape index (κ1) is 20.4. The molecule has 166 valence electrons. The van der Waals surface area contributed by atoms with Gasteiger partial charge in [0.2, 0.25) is 5.95 Å². The van der Waals surface area contributed by atoms with Crippen LogP contribution in [0.5, 0.6) is 0 Å². The number of anilines is 1. The molecule has 1 aliphatic heterocycles. The number of benzene rings is 1. The van der Waals surface area contributed by atoms with Gasteiger partial charge in [0.15, 0.2) is 11.2 Å². The van der Waals surface area contributed by atoms with Crippen molar-refractivity contribution in [3.63, 3.8) is 0 Å². The lowest BCUT2D eigenvalue weighted by Crippen LogP contribution is -2.43. The van der Waals surface area contributed by atoms with Crippen molar-refractivity contribution in [1.82, 2.24) is 28.7 Å². The van der Waals surface area contributed by atoms with Crippen molar-refractivity contribution in [2.45, 2.75) is 32.4 Å². The van der Waals surface area contributed by atoms with Gasteiger partial charge in [-0.2, -0.15) is 4.98 Å². The third-order valence-electron chi connectivity index (χ3n) is 6.22. The van der Waals surface area contributed by atoms with Gasteiger partial charge in [0.1, 0.15) is 5.82 Å². The van der Waals surface area contributed by atoms with Crippen LogP contribution in [0.15, 0.2) is 33.9 Å². The van der Waals surface area contributed by atoms with Gasteiger partial charge < -0.3 is 15.2 Å². The fraction of sp³-hybridized carbons (Fsp3) is 0.409. The topological polar surface area (TPSA) is 117 Å². The molecule has 1 fully saturated rings. The van der Waals surface area contributed by atoms with Gasteiger partial charge in [-0.3, -0.25) is 13.9 Å². The Kier molecular flexibility index (Phi) is 4.81. The molecule has 5 rings (SSSR count). The van der Waals surface area contributed by atoms with Gasteiger partial charge in [-0.25, -0.2) is 14.8 Å². The van der Waals surface area contributed by atoms with Crippen LogP contribution in [0.25, 0.3) is 22.1 Å². The number of hydrogen-bond donors (Lipinski definition) is 1. The largest absolute Gasteiger partial charge is 0.341 e. The number of aryl methyl sites for hydroxylation is 3. The molecule has 0 unspecified atom stereocenters. The van der Waals surface area contributed by atoms with Crippen molar-refractivity contribution in [1.29, 1.82) is 0 Å². The summed E-state index contributed by atoms with van der Waals surface area (Å²) in [6, 6.07) is 7.75. The maximum Gasteiger partial charge on any atom is 0.332 e. The molecule has 0 bridgehead atoms. The maximum absolute atomic E-state index is 13.4. The molecule has 10 heteroatoms. The summed E-state index contributed by atoms with van der Waals surface area (Å²) in [6.45, 7) is 3.37. The summed E-state index contributed by atoms with van der Waals surface area (Å²) in [5.74, 6) is 1.07. The summed E-state index contributed by atoms with van der Waals surface area (Å²) in [6.07, 6.45) is 1.93. The van der Waals surface area contributed by atoms with E-state index >= 15 is 0 Å². The lowest BCUT2D eigenvalue weighted by atomic mass is 10.1. The summed E-state index contributed by atoms with van der Waals surface area (Å²) in [5.41, 5.74) is 7.62. The van der Waals surface area contributed by atoms with Crippen LogP contribution in [0.1, 0.15) is 24.4 Å². The van der Waals surface area contributed by atoms with Crippen LogP contribution in [0.4, 0.5) is 5.95 Å². The molecule has 2 N–H and O–H groups in total. The van der Waals surface area contributed by atoms with E-state index in [2.05, 4.69) is 19.9 Å². The van der Waals surface area contributed by atoms with Crippen molar-refractivity contribution < 1.29 is 0 Å². The molecule has 0 radical (unpaired) electrons. The molecule has 4 heterocycles. The average molecular weight is 435 g/mol. The Hall–Kier alpha value is -3.53.